The highest BCUT2D eigenvalue weighted by Gasteiger charge is 2.53. The van der Waals surface area contributed by atoms with E-state index in [0.29, 0.717) is 18.4 Å². The van der Waals surface area contributed by atoms with Crippen LogP contribution in [0.2, 0.25) is 0 Å². The van der Waals surface area contributed by atoms with Crippen molar-refractivity contribution >= 4 is 5.97 Å². The van der Waals surface area contributed by atoms with E-state index in [1.54, 1.807) is 54.7 Å². The second kappa shape index (κ2) is 29.5. The summed E-state index contributed by atoms with van der Waals surface area (Å²) in [7, 11) is 6.12. The number of aliphatic hydroxyl groups excluding tert-OH is 4. The Kier molecular flexibility index (Phi) is 25.0. The van der Waals surface area contributed by atoms with E-state index in [4.69, 9.17) is 56.8 Å². The van der Waals surface area contributed by atoms with Gasteiger partial charge in [0.1, 0.15) is 36.6 Å². The highest BCUT2D eigenvalue weighted by atomic mass is 16.7. The van der Waals surface area contributed by atoms with Gasteiger partial charge in [-0.3, -0.25) is 0 Å². The number of rotatable bonds is 15. The van der Waals surface area contributed by atoms with Crippen LogP contribution in [-0.4, -0.2) is 193 Å². The Morgan fingerprint density at radius 3 is 2.12 bits per heavy atom. The highest BCUT2D eigenvalue weighted by molar-refractivity contribution is 5.88. The summed E-state index contributed by atoms with van der Waals surface area (Å²) in [5, 5.41) is 68.5. The molecule has 4 saturated heterocycles. The number of methoxy groups -OCH3 is 4. The summed E-state index contributed by atoms with van der Waals surface area (Å²) in [5.41, 5.74) is 1.54. The minimum atomic E-state index is -1.96. The topological polar surface area (TPSA) is 249 Å². The summed E-state index contributed by atoms with van der Waals surface area (Å²) in [6.07, 6.45) is 0.145. The zero-order chi connectivity index (χ0) is 57.1. The molecule has 0 radical (unpaired) electrons. The van der Waals surface area contributed by atoms with Gasteiger partial charge >= 0.3 is 5.97 Å². The summed E-state index contributed by atoms with van der Waals surface area (Å²) in [5.74, 6) is -4.04. The van der Waals surface area contributed by atoms with Crippen molar-refractivity contribution in [3.05, 3.63) is 58.7 Å². The van der Waals surface area contributed by atoms with Gasteiger partial charge in [0.15, 0.2) is 24.7 Å². The maximum atomic E-state index is 14.1. The monoisotopic (exact) mass is 1100 g/mol. The lowest BCUT2D eigenvalue weighted by molar-refractivity contribution is -0.343. The molecule has 0 aromatic rings. The average Bonchev–Trinajstić information content (AvgIpc) is 3.35. The van der Waals surface area contributed by atoms with Crippen molar-refractivity contribution in [1.82, 2.24) is 0 Å². The van der Waals surface area contributed by atoms with E-state index >= 15 is 0 Å². The van der Waals surface area contributed by atoms with Crippen LogP contribution in [-0.2, 0) is 61.6 Å². The van der Waals surface area contributed by atoms with Crippen molar-refractivity contribution in [3.8, 4) is 0 Å². The number of esters is 1. The van der Waals surface area contributed by atoms with E-state index in [2.05, 4.69) is 6.08 Å². The van der Waals surface area contributed by atoms with E-state index in [-0.39, 0.29) is 50.7 Å². The third-order valence-corrected chi connectivity index (χ3v) is 16.1. The third kappa shape index (κ3) is 17.7. The minimum Gasteiger partial charge on any atom is -0.459 e. The van der Waals surface area contributed by atoms with Crippen molar-refractivity contribution in [2.75, 3.05) is 35.0 Å². The number of aliphatic hydroxyl groups is 6. The molecule has 0 spiro atoms. The maximum absolute atomic E-state index is 14.1. The van der Waals surface area contributed by atoms with Gasteiger partial charge in [-0.1, -0.05) is 67.9 Å². The largest absolute Gasteiger partial charge is 0.459 e. The van der Waals surface area contributed by atoms with E-state index in [1.165, 1.54) is 21.3 Å². The second-order valence-corrected chi connectivity index (χ2v) is 22.8. The predicted molar refractivity (Wildman–Crippen MR) is 285 cm³/mol. The number of allylic oxidation sites excluding steroid dienone is 7. The van der Waals surface area contributed by atoms with Crippen LogP contribution < -0.4 is 0 Å². The molecule has 6 N–H and O–H groups in total. The van der Waals surface area contributed by atoms with E-state index in [0.717, 1.165) is 23.1 Å². The molecule has 0 aromatic heterocycles. The first-order chi connectivity index (χ1) is 36.2. The fourth-order valence-electron chi connectivity index (χ4n) is 11.6. The maximum Gasteiger partial charge on any atom is 0.333 e. The lowest BCUT2D eigenvalue weighted by atomic mass is 9.77. The van der Waals surface area contributed by atoms with Crippen molar-refractivity contribution in [2.45, 2.75) is 249 Å². The Morgan fingerprint density at radius 1 is 0.766 bits per heavy atom. The van der Waals surface area contributed by atoms with Gasteiger partial charge in [0.25, 0.3) is 0 Å². The molecule has 0 saturated carbocycles. The van der Waals surface area contributed by atoms with E-state index in [1.807, 2.05) is 58.9 Å². The van der Waals surface area contributed by atoms with E-state index < -0.39 is 134 Å². The first kappa shape index (κ1) is 65.3. The zero-order valence-corrected chi connectivity index (χ0v) is 48.4. The number of cyclic esters (lactones) is 1. The molecule has 23 atom stereocenters. The molecular weight excluding hydrogens is 1000 g/mol. The average molecular weight is 1100 g/mol. The van der Waals surface area contributed by atoms with Crippen molar-refractivity contribution in [1.29, 1.82) is 0 Å². The Balaban J connectivity index is 1.33. The molecule has 0 aliphatic carbocycles. The Labute approximate surface area is 457 Å². The molecule has 77 heavy (non-hydrogen) atoms. The molecule has 19 nitrogen and oxygen atoms in total. The number of carbonyl (C=O) groups is 1. The van der Waals surface area contributed by atoms with Crippen LogP contribution in [0.5, 0.6) is 0 Å². The molecule has 5 aliphatic heterocycles. The molecule has 5 heterocycles. The smallest absolute Gasteiger partial charge is 0.333 e. The highest BCUT2D eigenvalue weighted by Crippen LogP contribution is 2.43. The Bertz CT molecular complexity index is 2010. The molecule has 5 aliphatic rings. The normalized spacial score (nSPS) is 46.2. The molecule has 0 unspecified atom stereocenters. The van der Waals surface area contributed by atoms with Gasteiger partial charge in [0, 0.05) is 83.9 Å². The minimum absolute atomic E-state index is 0.0345. The summed E-state index contributed by atoms with van der Waals surface area (Å²) in [6, 6.07) is 0. The number of carbonyl (C=O) groups excluding carboxylic acids is 1. The van der Waals surface area contributed by atoms with Gasteiger partial charge in [-0.15, -0.1) is 0 Å². The van der Waals surface area contributed by atoms with Gasteiger partial charge in [0.05, 0.1) is 67.1 Å². The fourth-order valence-corrected chi connectivity index (χ4v) is 11.6. The van der Waals surface area contributed by atoms with Crippen LogP contribution >= 0.6 is 0 Å². The quantitative estimate of drug-likeness (QED) is 0.109. The Hall–Kier alpha value is -2.51. The van der Waals surface area contributed by atoms with Crippen molar-refractivity contribution in [3.63, 3.8) is 0 Å². The second-order valence-electron chi connectivity index (χ2n) is 22.8. The Morgan fingerprint density at radius 2 is 1.47 bits per heavy atom. The van der Waals surface area contributed by atoms with E-state index in [9.17, 15) is 35.4 Å². The summed E-state index contributed by atoms with van der Waals surface area (Å²) < 4.78 is 72.9. The van der Waals surface area contributed by atoms with Gasteiger partial charge in [0.2, 0.25) is 0 Å². The van der Waals surface area contributed by atoms with Crippen LogP contribution in [0.25, 0.3) is 0 Å². The molecule has 0 aromatic carbocycles. The SMILES string of the molecule is COC[C@@H](C[C@H]1O[C@@](O)(C[C@@H]2C[C@H](OC)CCC/C=C(C)/C=C/[C@@H](O[C@@H]3O[C@@H](C)[C@H](OC)[C@@H](O)[C@@H]3O)[C@H](C)/C=C(C)/C=C(C)/C=C(\C)C(=O)O2)[C@H](C)[C@@H](O)[C@H]1C)O[C@H]1C[C@](C)(O)[C@@H](O[C@H]2C[C@@H](OC)[C@H](O)[C@@H](C)O2)[C@H](C)O1. The standard InChI is InChI=1S/C58H96O19/c1-31-18-16-17-19-41(67-13)25-42(74-55(63)35(5)24-33(3)22-32(2)23-34(4)44(21-20-31)75-56-52(62)51(61)53(69-15)39(9)72-56)28-58(65)37(7)49(59)36(6)45(77-58)26-43(30-66-12)73-48-29-57(11,64)54(40(10)71-48)76-47-27-46(68-14)50(60)38(8)70-47/h18,20-24,34,36-54,56,59-62,64-65H,16-17,19,25-30H2,1-15H3/b21-20+,31-18+,32-23+,33-22+,35-24+/t34-,36+,37-,38-,39+,40+,41-,42+,43-,44-,45-,46-,47+,48+,49+,50-,51+,52+,53+,54+,56+,57+,58+/m1/s1. The van der Waals surface area contributed by atoms with Gasteiger partial charge in [-0.05, 0) is 80.7 Å². The number of hydrogen-bond donors (Lipinski definition) is 6. The van der Waals surface area contributed by atoms with Gasteiger partial charge in [-0.2, -0.15) is 0 Å². The first-order valence-electron chi connectivity index (χ1n) is 27.7. The fraction of sp³-hybridized carbons (Fsp3) is 0.810. The molecule has 19 heteroatoms. The third-order valence-electron chi connectivity index (χ3n) is 16.1. The molecule has 442 valence electrons. The lowest BCUT2D eigenvalue weighted by Gasteiger charge is -2.50. The molecule has 5 rings (SSSR count). The summed E-state index contributed by atoms with van der Waals surface area (Å²) >= 11 is 0. The summed E-state index contributed by atoms with van der Waals surface area (Å²) in [4.78, 5) is 14.1. The van der Waals surface area contributed by atoms with Gasteiger partial charge < -0.3 is 87.5 Å². The molecule has 4 fully saturated rings. The van der Waals surface area contributed by atoms with Crippen LogP contribution in [0, 0.1) is 17.8 Å². The zero-order valence-electron chi connectivity index (χ0n) is 48.4. The number of hydrogen-bond acceptors (Lipinski definition) is 19. The van der Waals surface area contributed by atoms with Crippen LogP contribution in [0.4, 0.5) is 0 Å². The molecule has 0 amide bonds. The van der Waals surface area contributed by atoms with Crippen LogP contribution in [0.15, 0.2) is 58.7 Å². The van der Waals surface area contributed by atoms with Crippen LogP contribution in [0.1, 0.15) is 128 Å². The summed E-state index contributed by atoms with van der Waals surface area (Å²) in [6.45, 7) is 20.1. The molecule has 0 bridgehead atoms. The number of ether oxygens (including phenoxy) is 12. The molecular formula is C58H96O19. The van der Waals surface area contributed by atoms with Gasteiger partial charge in [-0.25, -0.2) is 4.79 Å². The van der Waals surface area contributed by atoms with Crippen molar-refractivity contribution < 1.29 is 92.3 Å². The lowest BCUT2D eigenvalue weighted by Crippen LogP contribution is -2.60. The predicted octanol–water partition coefficient (Wildman–Crippen LogP) is 5.65. The first-order valence-corrected chi connectivity index (χ1v) is 27.7. The van der Waals surface area contributed by atoms with Crippen LogP contribution in [0.3, 0.4) is 0 Å². The van der Waals surface area contributed by atoms with Crippen molar-refractivity contribution in [2.24, 2.45) is 17.8 Å².